The number of nitrogens with one attached hydrogen (secondary N) is 3. The number of carbonyl (C=O) groups excluding carboxylic acids is 3. The molecule has 0 fully saturated rings. The van der Waals surface area contributed by atoms with Crippen molar-refractivity contribution < 1.29 is 38.6 Å². The number of hydrogen-bond donors (Lipinski definition) is 7. The van der Waals surface area contributed by atoms with Gasteiger partial charge in [0, 0.05) is 0 Å². The first-order chi connectivity index (χ1) is 15.6. The molecule has 5 atom stereocenters. The summed E-state index contributed by atoms with van der Waals surface area (Å²) in [6.07, 6.45) is 0.149. The first-order valence-electron chi connectivity index (χ1n) is 10.3. The summed E-state index contributed by atoms with van der Waals surface area (Å²) >= 11 is 0. The van der Waals surface area contributed by atoms with Crippen LogP contribution in [-0.4, -0.2) is 70.1 Å². The van der Waals surface area contributed by atoms with Crippen LogP contribution < -0.4 is 27.4 Å². The Kier molecular flexibility index (Phi) is 13.0. The maximum Gasteiger partial charge on any atom is 0.325 e. The highest BCUT2D eigenvalue weighted by molar-refractivity contribution is 5.91. The molecule has 1 aromatic rings. The molecule has 190 valence electrons. The Morgan fingerprint density at radius 3 is 1.74 bits per heavy atom. The van der Waals surface area contributed by atoms with Crippen LogP contribution in [0.15, 0.2) is 24.3 Å². The molecule has 0 radical (unpaired) electrons. The minimum atomic E-state index is -1.14. The summed E-state index contributed by atoms with van der Waals surface area (Å²) in [4.78, 5) is 55.1. The number of nitrogens with two attached hydrogens (primary N) is 2. The fraction of sp³-hybridized carbons (Fsp3) is 0.476. The third-order valence-corrected chi connectivity index (χ3v) is 4.31. The molecule has 0 aliphatic rings. The summed E-state index contributed by atoms with van der Waals surface area (Å²) in [5.74, 6) is -4.29. The number of carbonyl (C=O) groups is 5. The lowest BCUT2D eigenvalue weighted by Gasteiger charge is -2.17. The summed E-state index contributed by atoms with van der Waals surface area (Å²) in [5.41, 5.74) is 11.5. The van der Waals surface area contributed by atoms with Crippen molar-refractivity contribution in [3.8, 4) is 0 Å². The maximum atomic E-state index is 12.9. The van der Waals surface area contributed by atoms with Crippen molar-refractivity contribution in [3.63, 3.8) is 0 Å². The second-order valence-electron chi connectivity index (χ2n) is 7.60. The van der Waals surface area contributed by atoms with E-state index < -0.39 is 65.7 Å². The van der Waals surface area contributed by atoms with E-state index in [-0.39, 0.29) is 6.42 Å². The van der Waals surface area contributed by atoms with Crippen molar-refractivity contribution in [2.75, 3.05) is 0 Å². The number of carboxylic acid groups (broad SMARTS) is 2. The fourth-order valence-electron chi connectivity index (χ4n) is 2.20. The summed E-state index contributed by atoms with van der Waals surface area (Å²) in [5, 5.41) is 24.0. The summed E-state index contributed by atoms with van der Waals surface area (Å²) < 4.78 is 12.9. The van der Waals surface area contributed by atoms with E-state index >= 15 is 0 Å². The maximum absolute atomic E-state index is 12.9. The van der Waals surface area contributed by atoms with E-state index in [9.17, 15) is 28.4 Å². The lowest BCUT2D eigenvalue weighted by atomic mass is 10.1. The highest BCUT2D eigenvalue weighted by Gasteiger charge is 2.21. The number of carboxylic acids is 2. The summed E-state index contributed by atoms with van der Waals surface area (Å²) in [7, 11) is 0. The van der Waals surface area contributed by atoms with Crippen molar-refractivity contribution in [2.24, 2.45) is 11.5 Å². The molecule has 9 N–H and O–H groups in total. The quantitative estimate of drug-likeness (QED) is 0.210. The second kappa shape index (κ2) is 14.5. The van der Waals surface area contributed by atoms with E-state index in [2.05, 4.69) is 16.0 Å². The predicted octanol–water partition coefficient (Wildman–Crippen LogP) is -1.29. The minimum Gasteiger partial charge on any atom is -0.480 e. The normalized spacial score (nSPS) is 14.7. The molecule has 0 aliphatic carbocycles. The van der Waals surface area contributed by atoms with Gasteiger partial charge in [-0.05, 0) is 51.8 Å². The Hall–Kier alpha value is -3.58. The molecule has 12 nitrogen and oxygen atoms in total. The van der Waals surface area contributed by atoms with Crippen LogP contribution in [0.5, 0.6) is 0 Å². The van der Waals surface area contributed by atoms with Crippen LogP contribution in [0.4, 0.5) is 4.39 Å². The third kappa shape index (κ3) is 11.9. The zero-order valence-electron chi connectivity index (χ0n) is 19.4. The Bertz CT molecular complexity index is 881. The van der Waals surface area contributed by atoms with E-state index in [1.165, 1.54) is 45.9 Å². The van der Waals surface area contributed by atoms with Crippen molar-refractivity contribution in [1.29, 1.82) is 0 Å². The van der Waals surface area contributed by atoms with Gasteiger partial charge in [-0.15, -0.1) is 0 Å². The van der Waals surface area contributed by atoms with Gasteiger partial charge in [-0.2, -0.15) is 0 Å². The van der Waals surface area contributed by atoms with Crippen LogP contribution in [-0.2, 0) is 30.4 Å². The fourth-order valence-corrected chi connectivity index (χ4v) is 2.20. The SMILES string of the molecule is C[C@H](N)C(=O)N[C@@H](C)C(=O)N[C@@H](C)C(=O)O.C[C@H](NC(=O)[C@@H](N)Cc1cccc(F)c1)C(=O)O. The number of benzene rings is 1. The second-order valence-corrected chi connectivity index (χ2v) is 7.60. The molecule has 0 bridgehead atoms. The van der Waals surface area contributed by atoms with Crippen LogP contribution in [0.3, 0.4) is 0 Å². The number of aliphatic carboxylic acids is 2. The Labute approximate surface area is 196 Å². The standard InChI is InChI=1S/C12H15FN2O3.C9H17N3O4/c1-7(12(17)18)15-11(16)10(14)6-8-3-2-4-9(13)5-8;1-4(10)7(13)11-5(2)8(14)12-6(3)9(15)16/h2-5,7,10H,6,14H2,1H3,(H,15,16)(H,17,18);4-6H,10H2,1-3H3,(H,11,13)(H,12,14)(H,15,16)/t7-,10-;4-,5-,6-/m00/s1. The van der Waals surface area contributed by atoms with E-state index in [0.717, 1.165) is 0 Å². The lowest BCUT2D eigenvalue weighted by Crippen LogP contribution is -2.52. The molecule has 0 saturated heterocycles. The molecule has 0 spiro atoms. The third-order valence-electron chi connectivity index (χ3n) is 4.31. The van der Waals surface area contributed by atoms with Gasteiger partial charge in [-0.3, -0.25) is 24.0 Å². The smallest absolute Gasteiger partial charge is 0.325 e. The molecular weight excluding hydrogens is 453 g/mol. The zero-order valence-corrected chi connectivity index (χ0v) is 19.4. The Morgan fingerprint density at radius 1 is 0.824 bits per heavy atom. The number of rotatable bonds is 10. The number of halogens is 1. The van der Waals surface area contributed by atoms with Gasteiger partial charge in [0.1, 0.15) is 23.9 Å². The average Bonchev–Trinajstić information content (AvgIpc) is 2.73. The van der Waals surface area contributed by atoms with Gasteiger partial charge in [0.25, 0.3) is 0 Å². The van der Waals surface area contributed by atoms with Crippen molar-refractivity contribution in [2.45, 2.75) is 64.3 Å². The van der Waals surface area contributed by atoms with Crippen molar-refractivity contribution >= 4 is 29.7 Å². The zero-order chi connectivity index (χ0) is 26.6. The van der Waals surface area contributed by atoms with Gasteiger partial charge in [-0.1, -0.05) is 12.1 Å². The first kappa shape index (κ1) is 30.4. The summed E-state index contributed by atoms with van der Waals surface area (Å²) in [6, 6.07) is 1.31. The van der Waals surface area contributed by atoms with E-state index in [1.54, 1.807) is 6.07 Å². The molecule has 1 aromatic carbocycles. The monoisotopic (exact) mass is 485 g/mol. The molecule has 34 heavy (non-hydrogen) atoms. The van der Waals surface area contributed by atoms with Gasteiger partial charge in [0.2, 0.25) is 17.7 Å². The highest BCUT2D eigenvalue weighted by Crippen LogP contribution is 2.06. The molecular formula is C21H32FN5O7. The molecule has 0 aliphatic heterocycles. The lowest BCUT2D eigenvalue weighted by molar-refractivity contribution is -0.141. The van der Waals surface area contributed by atoms with Crippen LogP contribution in [0, 0.1) is 5.82 Å². The van der Waals surface area contributed by atoms with Crippen LogP contribution in [0.25, 0.3) is 0 Å². The molecule has 1 rings (SSSR count). The van der Waals surface area contributed by atoms with Gasteiger partial charge in [0.05, 0.1) is 12.1 Å². The van der Waals surface area contributed by atoms with Crippen LogP contribution >= 0.6 is 0 Å². The van der Waals surface area contributed by atoms with Crippen molar-refractivity contribution in [1.82, 2.24) is 16.0 Å². The molecule has 0 saturated carbocycles. The van der Waals surface area contributed by atoms with E-state index in [0.29, 0.717) is 5.56 Å². The highest BCUT2D eigenvalue weighted by atomic mass is 19.1. The van der Waals surface area contributed by atoms with Gasteiger partial charge < -0.3 is 37.6 Å². The van der Waals surface area contributed by atoms with E-state index in [4.69, 9.17) is 21.7 Å². The van der Waals surface area contributed by atoms with Gasteiger partial charge in [0.15, 0.2) is 0 Å². The summed E-state index contributed by atoms with van der Waals surface area (Å²) in [6.45, 7) is 5.61. The molecule has 0 unspecified atom stereocenters. The van der Waals surface area contributed by atoms with Gasteiger partial charge >= 0.3 is 11.9 Å². The largest absolute Gasteiger partial charge is 0.480 e. The van der Waals surface area contributed by atoms with Crippen LogP contribution in [0.2, 0.25) is 0 Å². The number of hydrogen-bond acceptors (Lipinski definition) is 7. The molecule has 3 amide bonds. The Morgan fingerprint density at radius 2 is 1.29 bits per heavy atom. The minimum absolute atomic E-state index is 0.149. The van der Waals surface area contributed by atoms with Crippen molar-refractivity contribution in [3.05, 3.63) is 35.6 Å². The van der Waals surface area contributed by atoms with Crippen LogP contribution in [0.1, 0.15) is 33.3 Å². The number of amides is 3. The average molecular weight is 486 g/mol. The first-order valence-corrected chi connectivity index (χ1v) is 10.3. The Balaban J connectivity index is 0.000000646. The molecule has 0 heterocycles. The predicted molar refractivity (Wildman–Crippen MR) is 120 cm³/mol. The van der Waals surface area contributed by atoms with Gasteiger partial charge in [-0.25, -0.2) is 4.39 Å². The molecule has 0 aromatic heterocycles. The molecule has 13 heteroatoms. The topological polar surface area (TPSA) is 214 Å². The van der Waals surface area contributed by atoms with E-state index in [1.807, 2.05) is 0 Å².